The standard InChI is InChI=1S/C14H15N3O5/c1-21-11-6-9(13(18)22-2)5-10(12(11)17(19)20)16-8-14(7-15)3-4-14/h5-6,16H,3-4,8H2,1-2H3. The average Bonchev–Trinajstić information content (AvgIpc) is 3.31. The number of nitro benzene ring substituents is 1. The average molecular weight is 305 g/mol. The first-order chi connectivity index (χ1) is 10.5. The van der Waals surface area contributed by atoms with Gasteiger partial charge in [0.1, 0.15) is 5.69 Å². The molecule has 0 aliphatic heterocycles. The third kappa shape index (κ3) is 2.93. The van der Waals surface area contributed by atoms with Crippen LogP contribution in [0, 0.1) is 26.9 Å². The Balaban J connectivity index is 2.41. The lowest BCUT2D eigenvalue weighted by molar-refractivity contribution is -0.384. The quantitative estimate of drug-likeness (QED) is 0.486. The van der Waals surface area contributed by atoms with Crippen molar-refractivity contribution in [3.63, 3.8) is 0 Å². The van der Waals surface area contributed by atoms with Crippen LogP contribution in [0.5, 0.6) is 5.75 Å². The largest absolute Gasteiger partial charge is 0.490 e. The molecular formula is C14H15N3O5. The van der Waals surface area contributed by atoms with Gasteiger partial charge >= 0.3 is 11.7 Å². The Morgan fingerprint density at radius 3 is 2.64 bits per heavy atom. The number of esters is 1. The molecule has 1 aromatic rings. The van der Waals surface area contributed by atoms with E-state index in [9.17, 15) is 14.9 Å². The number of ether oxygens (including phenoxy) is 2. The lowest BCUT2D eigenvalue weighted by Gasteiger charge is -2.13. The van der Waals surface area contributed by atoms with Crippen molar-refractivity contribution in [3.8, 4) is 11.8 Å². The van der Waals surface area contributed by atoms with Crippen molar-refractivity contribution in [1.29, 1.82) is 5.26 Å². The number of hydrogen-bond acceptors (Lipinski definition) is 7. The zero-order valence-electron chi connectivity index (χ0n) is 12.2. The predicted octanol–water partition coefficient (Wildman–Crippen LogP) is 2.11. The molecule has 1 saturated carbocycles. The van der Waals surface area contributed by atoms with Crippen LogP contribution in [0.15, 0.2) is 12.1 Å². The van der Waals surface area contributed by atoms with Gasteiger partial charge in [0.25, 0.3) is 0 Å². The number of nitrogens with zero attached hydrogens (tertiary/aromatic N) is 2. The van der Waals surface area contributed by atoms with Gasteiger partial charge < -0.3 is 14.8 Å². The van der Waals surface area contributed by atoms with Gasteiger partial charge in [0.2, 0.25) is 0 Å². The van der Waals surface area contributed by atoms with Crippen molar-refractivity contribution in [2.75, 3.05) is 26.1 Å². The second kappa shape index (κ2) is 5.89. The van der Waals surface area contributed by atoms with E-state index in [4.69, 9.17) is 10.00 Å². The maximum Gasteiger partial charge on any atom is 0.338 e. The Morgan fingerprint density at radius 2 is 2.18 bits per heavy atom. The zero-order valence-corrected chi connectivity index (χ0v) is 12.2. The van der Waals surface area contributed by atoms with Gasteiger partial charge in [-0.1, -0.05) is 0 Å². The number of nitriles is 1. The molecule has 0 saturated heterocycles. The molecule has 0 heterocycles. The zero-order chi connectivity index (χ0) is 16.3. The molecule has 0 atom stereocenters. The number of nitrogens with one attached hydrogen (secondary N) is 1. The van der Waals surface area contributed by atoms with Crippen molar-refractivity contribution >= 4 is 17.3 Å². The van der Waals surface area contributed by atoms with E-state index < -0.39 is 16.3 Å². The van der Waals surface area contributed by atoms with Crippen molar-refractivity contribution in [2.45, 2.75) is 12.8 Å². The summed E-state index contributed by atoms with van der Waals surface area (Å²) < 4.78 is 9.63. The molecule has 8 nitrogen and oxygen atoms in total. The monoisotopic (exact) mass is 305 g/mol. The van der Waals surface area contributed by atoms with Crippen LogP contribution in [0.4, 0.5) is 11.4 Å². The maximum atomic E-state index is 11.7. The highest BCUT2D eigenvalue weighted by Crippen LogP contribution is 2.46. The Hall–Kier alpha value is -2.82. The van der Waals surface area contributed by atoms with E-state index in [1.165, 1.54) is 26.4 Å². The van der Waals surface area contributed by atoms with E-state index in [0.717, 1.165) is 12.8 Å². The van der Waals surface area contributed by atoms with Gasteiger partial charge in [-0.2, -0.15) is 5.26 Å². The fourth-order valence-electron chi connectivity index (χ4n) is 2.07. The summed E-state index contributed by atoms with van der Waals surface area (Å²) in [5, 5.41) is 23.2. The van der Waals surface area contributed by atoms with Crippen molar-refractivity contribution < 1.29 is 19.2 Å². The molecule has 22 heavy (non-hydrogen) atoms. The molecule has 8 heteroatoms. The van der Waals surface area contributed by atoms with Crippen LogP contribution in [0.25, 0.3) is 0 Å². The first kappa shape index (κ1) is 15.6. The van der Waals surface area contributed by atoms with Gasteiger partial charge in [-0.3, -0.25) is 10.1 Å². The Bertz CT molecular complexity index is 661. The van der Waals surface area contributed by atoms with Gasteiger partial charge in [0, 0.05) is 12.6 Å². The van der Waals surface area contributed by atoms with Crippen LogP contribution in [-0.2, 0) is 4.74 Å². The molecule has 0 aromatic heterocycles. The van der Waals surface area contributed by atoms with E-state index in [-0.39, 0.29) is 29.2 Å². The predicted molar refractivity (Wildman–Crippen MR) is 76.8 cm³/mol. The van der Waals surface area contributed by atoms with E-state index in [1.807, 2.05) is 0 Å². The van der Waals surface area contributed by atoms with E-state index in [1.54, 1.807) is 0 Å². The molecule has 0 bridgehead atoms. The number of nitro groups is 1. The number of carbonyl (C=O) groups is 1. The SMILES string of the molecule is COC(=O)c1cc(NCC2(C#N)CC2)c([N+](=O)[O-])c(OC)c1. The van der Waals surface area contributed by atoms with Crippen LogP contribution in [0.3, 0.4) is 0 Å². The minimum absolute atomic E-state index is 0.0443. The van der Waals surface area contributed by atoms with Gasteiger partial charge in [-0.25, -0.2) is 4.79 Å². The minimum atomic E-state index is -0.627. The number of anilines is 1. The van der Waals surface area contributed by atoms with Crippen LogP contribution in [0.1, 0.15) is 23.2 Å². The summed E-state index contributed by atoms with van der Waals surface area (Å²) in [6.07, 6.45) is 1.50. The number of rotatable bonds is 6. The summed E-state index contributed by atoms with van der Waals surface area (Å²) in [4.78, 5) is 22.3. The molecule has 1 N–H and O–H groups in total. The molecule has 0 radical (unpaired) electrons. The lowest BCUT2D eigenvalue weighted by Crippen LogP contribution is -2.15. The van der Waals surface area contributed by atoms with E-state index in [0.29, 0.717) is 0 Å². The summed E-state index contributed by atoms with van der Waals surface area (Å²) in [7, 11) is 2.50. The van der Waals surface area contributed by atoms with Crippen LogP contribution >= 0.6 is 0 Å². The van der Waals surface area contributed by atoms with Crippen LogP contribution in [-0.4, -0.2) is 31.7 Å². The van der Waals surface area contributed by atoms with Gasteiger partial charge in [-0.05, 0) is 18.9 Å². The molecule has 1 aliphatic rings. The molecule has 0 spiro atoms. The third-order valence-corrected chi connectivity index (χ3v) is 3.61. The number of benzene rings is 1. The van der Waals surface area contributed by atoms with Crippen molar-refractivity contribution in [1.82, 2.24) is 0 Å². The topological polar surface area (TPSA) is 114 Å². The fourth-order valence-corrected chi connectivity index (χ4v) is 2.07. The smallest absolute Gasteiger partial charge is 0.338 e. The second-order valence-corrected chi connectivity index (χ2v) is 5.07. The van der Waals surface area contributed by atoms with E-state index >= 15 is 0 Å². The highest BCUT2D eigenvalue weighted by Gasteiger charge is 2.43. The van der Waals surface area contributed by atoms with E-state index in [2.05, 4.69) is 16.1 Å². The Labute approximate surface area is 126 Å². The summed E-state index contributed by atoms with van der Waals surface area (Å²) in [6, 6.07) is 4.78. The Kier molecular flexibility index (Phi) is 4.17. The van der Waals surface area contributed by atoms with Crippen LogP contribution < -0.4 is 10.1 Å². The number of hydrogen-bond donors (Lipinski definition) is 1. The Morgan fingerprint density at radius 1 is 1.50 bits per heavy atom. The van der Waals surface area contributed by atoms with Gasteiger partial charge in [0.15, 0.2) is 5.75 Å². The third-order valence-electron chi connectivity index (χ3n) is 3.61. The normalized spacial score (nSPS) is 14.6. The van der Waals surface area contributed by atoms with Gasteiger partial charge in [0.05, 0.1) is 36.2 Å². The van der Waals surface area contributed by atoms with Crippen molar-refractivity contribution in [3.05, 3.63) is 27.8 Å². The highest BCUT2D eigenvalue weighted by molar-refractivity contribution is 5.93. The molecule has 1 aromatic carbocycles. The fraction of sp³-hybridized carbons (Fsp3) is 0.429. The number of methoxy groups -OCH3 is 2. The number of carbonyl (C=O) groups excluding carboxylic acids is 1. The summed E-state index contributed by atoms with van der Waals surface area (Å²) in [6.45, 7) is 0.276. The summed E-state index contributed by atoms with van der Waals surface area (Å²) >= 11 is 0. The maximum absolute atomic E-state index is 11.7. The summed E-state index contributed by atoms with van der Waals surface area (Å²) in [5.41, 5.74) is -0.494. The van der Waals surface area contributed by atoms with Crippen LogP contribution in [0.2, 0.25) is 0 Å². The second-order valence-electron chi connectivity index (χ2n) is 5.07. The minimum Gasteiger partial charge on any atom is -0.490 e. The highest BCUT2D eigenvalue weighted by atomic mass is 16.6. The summed E-state index contributed by atoms with van der Waals surface area (Å²) in [5.74, 6) is -0.671. The first-order valence-electron chi connectivity index (χ1n) is 6.56. The molecule has 1 fully saturated rings. The molecule has 116 valence electrons. The van der Waals surface area contributed by atoms with Crippen molar-refractivity contribution in [2.24, 2.45) is 5.41 Å². The molecule has 0 amide bonds. The molecule has 2 rings (SSSR count). The van der Waals surface area contributed by atoms with Gasteiger partial charge in [-0.15, -0.1) is 0 Å². The molecule has 0 unspecified atom stereocenters. The molecule has 1 aliphatic carbocycles. The molecular weight excluding hydrogens is 290 g/mol. The first-order valence-corrected chi connectivity index (χ1v) is 6.56. The lowest BCUT2D eigenvalue weighted by atomic mass is 10.1.